The molecule has 1 aromatic carbocycles. The Morgan fingerprint density at radius 2 is 1.89 bits per heavy atom. The molecule has 0 unspecified atom stereocenters. The number of hydrogen-bond donors (Lipinski definition) is 0. The van der Waals surface area contributed by atoms with E-state index in [9.17, 15) is 14.7 Å². The topological polar surface area (TPSA) is 78.7 Å². The summed E-state index contributed by atoms with van der Waals surface area (Å²) in [6.07, 6.45) is 0. The molecule has 0 N–H and O–H groups in total. The number of benzene rings is 1. The molecule has 0 heterocycles. The van der Waals surface area contributed by atoms with E-state index in [1.807, 2.05) is 13.8 Å². The van der Waals surface area contributed by atoms with Crippen molar-refractivity contribution in [3.05, 3.63) is 34.4 Å². The second kappa shape index (κ2) is 5.98. The monoisotopic (exact) mass is 273 g/mol. The third kappa shape index (κ3) is 4.85. The first-order valence-electron chi connectivity index (χ1n) is 5.46. The lowest BCUT2D eigenvalue weighted by molar-refractivity contribution is -0.384. The maximum Gasteiger partial charge on any atom is 0.376 e. The lowest BCUT2D eigenvalue weighted by atomic mass is 10.2. The fourth-order valence-corrected chi connectivity index (χ4v) is 2.26. The zero-order valence-corrected chi connectivity index (χ0v) is 11.4. The fourth-order valence-electron chi connectivity index (χ4n) is 1.13. The number of nitro benzene ring substituents is 1. The molecule has 1 aromatic rings. The lowest BCUT2D eigenvalue weighted by Gasteiger charge is -2.16. The normalized spacial score (nSPS) is 14.2. The highest BCUT2D eigenvalue weighted by Gasteiger charge is 2.19. The van der Waals surface area contributed by atoms with Crippen LogP contribution in [0.15, 0.2) is 24.3 Å². The number of hydrogen-bond acceptors (Lipinski definition) is 5. The van der Waals surface area contributed by atoms with Crippen LogP contribution in [0.25, 0.3) is 0 Å². The first-order valence-corrected chi connectivity index (χ1v) is 7.45. The van der Waals surface area contributed by atoms with Gasteiger partial charge in [-0.25, -0.2) is 4.57 Å². The van der Waals surface area contributed by atoms with Crippen LogP contribution in [-0.2, 0) is 9.09 Å². The van der Waals surface area contributed by atoms with Crippen molar-refractivity contribution in [1.29, 1.82) is 0 Å². The quantitative estimate of drug-likeness (QED) is 0.450. The third-order valence-corrected chi connectivity index (χ3v) is 3.12. The molecule has 0 fully saturated rings. The van der Waals surface area contributed by atoms with Crippen molar-refractivity contribution in [1.82, 2.24) is 0 Å². The van der Waals surface area contributed by atoms with Gasteiger partial charge < -0.3 is 4.52 Å². The Morgan fingerprint density at radius 1 is 1.33 bits per heavy atom. The Morgan fingerprint density at radius 3 is 2.33 bits per heavy atom. The van der Waals surface area contributed by atoms with Gasteiger partial charge in [0.05, 0.1) is 11.5 Å². The molecule has 18 heavy (non-hydrogen) atoms. The largest absolute Gasteiger partial charge is 0.425 e. The van der Waals surface area contributed by atoms with Crippen LogP contribution in [-0.4, -0.2) is 18.2 Å². The van der Waals surface area contributed by atoms with E-state index in [0.29, 0.717) is 6.61 Å². The molecule has 0 aliphatic rings. The molecule has 0 spiro atoms. The summed E-state index contributed by atoms with van der Waals surface area (Å²) in [5.74, 6) is 0.536. The number of non-ortho nitro benzene ring substituents is 1. The van der Waals surface area contributed by atoms with E-state index in [0.717, 1.165) is 0 Å². The summed E-state index contributed by atoms with van der Waals surface area (Å²) in [7, 11) is -3.18. The van der Waals surface area contributed by atoms with Crippen LogP contribution >= 0.6 is 7.60 Å². The van der Waals surface area contributed by atoms with Gasteiger partial charge in [0.15, 0.2) is 0 Å². The molecule has 0 saturated carbocycles. The van der Waals surface area contributed by atoms with E-state index in [1.165, 1.54) is 30.9 Å². The third-order valence-electron chi connectivity index (χ3n) is 1.96. The van der Waals surface area contributed by atoms with Crippen LogP contribution < -0.4 is 4.52 Å². The average Bonchev–Trinajstić information content (AvgIpc) is 2.27. The zero-order valence-electron chi connectivity index (χ0n) is 10.5. The number of rotatable bonds is 6. The summed E-state index contributed by atoms with van der Waals surface area (Å²) < 4.78 is 22.3. The molecule has 0 saturated heterocycles. The Bertz CT molecular complexity index is 457. The van der Waals surface area contributed by atoms with Crippen LogP contribution in [0.2, 0.25) is 0 Å². The van der Waals surface area contributed by atoms with Crippen molar-refractivity contribution in [3.8, 4) is 5.75 Å². The highest BCUT2D eigenvalue weighted by Crippen LogP contribution is 2.44. The van der Waals surface area contributed by atoms with Crippen LogP contribution in [0, 0.1) is 16.0 Å². The van der Waals surface area contributed by atoms with E-state index in [-0.39, 0.29) is 17.4 Å². The molecule has 0 bridgehead atoms. The SMILES string of the molecule is CC(C)CO[P@@](C)(=O)Oc1ccc([N+](=O)[O-])cc1. The minimum Gasteiger partial charge on any atom is -0.425 e. The van der Waals surface area contributed by atoms with Gasteiger partial charge >= 0.3 is 7.60 Å². The molecule has 1 atom stereocenters. The van der Waals surface area contributed by atoms with Crippen LogP contribution in [0.1, 0.15) is 13.8 Å². The van der Waals surface area contributed by atoms with Crippen LogP contribution in [0.3, 0.4) is 0 Å². The van der Waals surface area contributed by atoms with Gasteiger partial charge in [0.2, 0.25) is 0 Å². The number of nitrogens with zero attached hydrogens (tertiary/aromatic N) is 1. The minimum absolute atomic E-state index is 0.0450. The van der Waals surface area contributed by atoms with Gasteiger partial charge in [-0.2, -0.15) is 0 Å². The second-order valence-corrected chi connectivity index (χ2v) is 6.29. The highest BCUT2D eigenvalue weighted by atomic mass is 31.2. The van der Waals surface area contributed by atoms with Gasteiger partial charge in [-0.3, -0.25) is 14.6 Å². The summed E-state index contributed by atoms with van der Waals surface area (Å²) >= 11 is 0. The lowest BCUT2D eigenvalue weighted by Crippen LogP contribution is -2.03. The van der Waals surface area contributed by atoms with Crippen molar-refractivity contribution < 1.29 is 18.5 Å². The molecule has 0 aromatic heterocycles. The smallest absolute Gasteiger partial charge is 0.376 e. The van der Waals surface area contributed by atoms with E-state index < -0.39 is 12.5 Å². The van der Waals surface area contributed by atoms with Gasteiger partial charge in [0.1, 0.15) is 5.75 Å². The average molecular weight is 273 g/mol. The van der Waals surface area contributed by atoms with Crippen molar-refractivity contribution in [3.63, 3.8) is 0 Å². The standard InChI is InChI=1S/C11H16NO5P/c1-9(2)8-16-18(3,15)17-11-6-4-10(5-7-11)12(13)14/h4-7,9H,8H2,1-3H3/t18-/m1/s1. The van der Waals surface area contributed by atoms with Crippen molar-refractivity contribution in [2.75, 3.05) is 13.3 Å². The van der Waals surface area contributed by atoms with E-state index >= 15 is 0 Å². The minimum atomic E-state index is -3.18. The predicted octanol–water partition coefficient (Wildman–Crippen LogP) is 3.47. The molecule has 0 amide bonds. The maximum atomic E-state index is 11.9. The van der Waals surface area contributed by atoms with Gasteiger partial charge in [-0.05, 0) is 18.1 Å². The Hall–Kier alpha value is -1.39. The summed E-state index contributed by atoms with van der Waals surface area (Å²) in [5, 5.41) is 10.5. The second-order valence-electron chi connectivity index (χ2n) is 4.30. The van der Waals surface area contributed by atoms with E-state index in [4.69, 9.17) is 9.05 Å². The van der Waals surface area contributed by atoms with Crippen molar-refractivity contribution in [2.45, 2.75) is 13.8 Å². The first-order chi connectivity index (χ1) is 8.30. The molecule has 0 radical (unpaired) electrons. The fraction of sp³-hybridized carbons (Fsp3) is 0.455. The molecule has 0 aliphatic carbocycles. The Labute approximate surface area is 106 Å². The molecule has 7 heteroatoms. The van der Waals surface area contributed by atoms with Gasteiger partial charge in [0, 0.05) is 18.8 Å². The Balaban J connectivity index is 2.66. The van der Waals surface area contributed by atoms with E-state index in [2.05, 4.69) is 0 Å². The van der Waals surface area contributed by atoms with Crippen molar-refractivity contribution >= 4 is 13.3 Å². The Kier molecular flexibility index (Phi) is 4.87. The zero-order chi connectivity index (χ0) is 13.8. The van der Waals surface area contributed by atoms with Crippen LogP contribution in [0.5, 0.6) is 5.75 Å². The van der Waals surface area contributed by atoms with Gasteiger partial charge in [-0.1, -0.05) is 13.8 Å². The van der Waals surface area contributed by atoms with Gasteiger partial charge in [-0.15, -0.1) is 0 Å². The number of nitro groups is 1. The summed E-state index contributed by atoms with van der Waals surface area (Å²) in [5.41, 5.74) is -0.0450. The van der Waals surface area contributed by atoms with Crippen LogP contribution in [0.4, 0.5) is 5.69 Å². The summed E-state index contributed by atoms with van der Waals surface area (Å²) in [4.78, 5) is 9.95. The maximum absolute atomic E-state index is 11.9. The molecular formula is C11H16NO5P. The van der Waals surface area contributed by atoms with Gasteiger partial charge in [0.25, 0.3) is 5.69 Å². The summed E-state index contributed by atoms with van der Waals surface area (Å²) in [6.45, 7) is 5.58. The summed E-state index contributed by atoms with van der Waals surface area (Å²) in [6, 6.07) is 5.37. The molecule has 100 valence electrons. The molecule has 1 rings (SSSR count). The predicted molar refractivity (Wildman–Crippen MR) is 68.0 cm³/mol. The van der Waals surface area contributed by atoms with E-state index in [1.54, 1.807) is 0 Å². The van der Waals surface area contributed by atoms with Crippen molar-refractivity contribution in [2.24, 2.45) is 5.92 Å². The molecular weight excluding hydrogens is 257 g/mol. The first kappa shape index (κ1) is 14.7. The molecule has 6 nitrogen and oxygen atoms in total. The molecule has 0 aliphatic heterocycles. The highest BCUT2D eigenvalue weighted by molar-refractivity contribution is 7.53.